The molecule has 0 radical (unpaired) electrons. The molecule has 1 aromatic carbocycles. The van der Waals surface area contributed by atoms with Gasteiger partial charge >= 0.3 is 0 Å². The zero-order valence-corrected chi connectivity index (χ0v) is 10.3. The highest BCUT2D eigenvalue weighted by Gasteiger charge is 2.14. The zero-order valence-electron chi connectivity index (χ0n) is 10.3. The molecule has 5 heteroatoms. The maximum absolute atomic E-state index is 10.7. The minimum absolute atomic E-state index is 0.000589. The third kappa shape index (κ3) is 3.71. The summed E-state index contributed by atoms with van der Waals surface area (Å²) in [6.07, 6.45) is 0. The molecule has 17 heavy (non-hydrogen) atoms. The van der Waals surface area contributed by atoms with Crippen molar-refractivity contribution in [1.29, 1.82) is 0 Å². The standard InChI is InChI=1S/C12H18N2O3/c1-8(2)12(7-15)13-10-4-9(3)5-11(6-10)14(16)17/h4-6,8,12-13,15H,7H2,1-3H3/t12-/m1/s1. The fraction of sp³-hybridized carbons (Fsp3) is 0.500. The minimum Gasteiger partial charge on any atom is -0.394 e. The molecule has 0 saturated carbocycles. The molecule has 0 aromatic heterocycles. The molecule has 0 aliphatic heterocycles. The molecule has 0 amide bonds. The number of non-ortho nitro benzene ring substituents is 1. The van der Waals surface area contributed by atoms with E-state index in [1.54, 1.807) is 0 Å². The molecule has 0 heterocycles. The first kappa shape index (κ1) is 13.4. The molecule has 94 valence electrons. The smallest absolute Gasteiger partial charge is 0.271 e. The van der Waals surface area contributed by atoms with E-state index < -0.39 is 4.92 Å². The van der Waals surface area contributed by atoms with Crippen LogP contribution < -0.4 is 5.32 Å². The Kier molecular flexibility index (Phi) is 4.45. The molecule has 1 aromatic rings. The number of hydrogen-bond donors (Lipinski definition) is 2. The van der Waals surface area contributed by atoms with Gasteiger partial charge in [0.1, 0.15) is 0 Å². The Balaban J connectivity index is 2.94. The van der Waals surface area contributed by atoms with Crippen LogP contribution in [0, 0.1) is 23.0 Å². The van der Waals surface area contributed by atoms with Crippen molar-refractivity contribution in [3.8, 4) is 0 Å². The number of aliphatic hydroxyl groups excluding tert-OH is 1. The molecular formula is C12H18N2O3. The monoisotopic (exact) mass is 238 g/mol. The van der Waals surface area contributed by atoms with Gasteiger partial charge in [-0.1, -0.05) is 13.8 Å². The molecule has 0 bridgehead atoms. The first-order chi connectivity index (χ1) is 7.93. The van der Waals surface area contributed by atoms with Gasteiger partial charge in [-0.3, -0.25) is 10.1 Å². The topological polar surface area (TPSA) is 75.4 Å². The lowest BCUT2D eigenvalue weighted by Crippen LogP contribution is -2.29. The number of aryl methyl sites for hydroxylation is 1. The van der Waals surface area contributed by atoms with Crippen LogP contribution in [0.1, 0.15) is 19.4 Å². The summed E-state index contributed by atoms with van der Waals surface area (Å²) < 4.78 is 0. The van der Waals surface area contributed by atoms with Crippen LogP contribution in [0.4, 0.5) is 11.4 Å². The summed E-state index contributed by atoms with van der Waals surface area (Å²) in [6, 6.07) is 4.74. The Bertz CT molecular complexity index is 405. The first-order valence-corrected chi connectivity index (χ1v) is 5.57. The summed E-state index contributed by atoms with van der Waals surface area (Å²) in [5.74, 6) is 0.250. The van der Waals surface area contributed by atoms with Crippen LogP contribution in [-0.2, 0) is 0 Å². The second-order valence-electron chi connectivity index (χ2n) is 4.49. The molecule has 0 aliphatic rings. The molecular weight excluding hydrogens is 220 g/mol. The SMILES string of the molecule is Cc1cc(N[C@H](CO)C(C)C)cc([N+](=O)[O-])c1. The summed E-state index contributed by atoms with van der Waals surface area (Å²) in [4.78, 5) is 10.3. The van der Waals surface area contributed by atoms with E-state index in [0.29, 0.717) is 5.69 Å². The van der Waals surface area contributed by atoms with Gasteiger partial charge in [0.05, 0.1) is 17.6 Å². The number of hydrogen-bond acceptors (Lipinski definition) is 4. The number of nitrogens with zero attached hydrogens (tertiary/aromatic N) is 1. The van der Waals surface area contributed by atoms with E-state index in [1.807, 2.05) is 26.8 Å². The lowest BCUT2D eigenvalue weighted by molar-refractivity contribution is -0.384. The third-order valence-corrected chi connectivity index (χ3v) is 2.63. The van der Waals surface area contributed by atoms with Gasteiger partial charge in [0.15, 0.2) is 0 Å². The van der Waals surface area contributed by atoms with Crippen LogP contribution in [0.3, 0.4) is 0 Å². The van der Waals surface area contributed by atoms with Gasteiger partial charge in [-0.15, -0.1) is 0 Å². The Morgan fingerprint density at radius 1 is 1.41 bits per heavy atom. The van der Waals surface area contributed by atoms with E-state index in [4.69, 9.17) is 0 Å². The Morgan fingerprint density at radius 2 is 2.06 bits per heavy atom. The highest BCUT2D eigenvalue weighted by molar-refractivity contribution is 5.54. The van der Waals surface area contributed by atoms with Crippen LogP contribution in [0.5, 0.6) is 0 Å². The molecule has 0 saturated heterocycles. The number of aliphatic hydroxyl groups is 1. The minimum atomic E-state index is -0.415. The fourth-order valence-corrected chi connectivity index (χ4v) is 1.59. The second-order valence-corrected chi connectivity index (χ2v) is 4.49. The van der Waals surface area contributed by atoms with Gasteiger partial charge in [-0.25, -0.2) is 0 Å². The van der Waals surface area contributed by atoms with Crippen molar-refractivity contribution in [2.24, 2.45) is 5.92 Å². The first-order valence-electron chi connectivity index (χ1n) is 5.57. The lowest BCUT2D eigenvalue weighted by atomic mass is 10.0. The van der Waals surface area contributed by atoms with Gasteiger partial charge in [0.2, 0.25) is 0 Å². The predicted octanol–water partition coefficient (Wildman–Crippen LogP) is 2.33. The van der Waals surface area contributed by atoms with Crippen molar-refractivity contribution in [1.82, 2.24) is 0 Å². The van der Waals surface area contributed by atoms with Crippen molar-refractivity contribution in [2.75, 3.05) is 11.9 Å². The van der Waals surface area contributed by atoms with Gasteiger partial charge in [0, 0.05) is 17.8 Å². The van der Waals surface area contributed by atoms with Crippen LogP contribution in [-0.4, -0.2) is 22.7 Å². The van der Waals surface area contributed by atoms with E-state index in [2.05, 4.69) is 5.32 Å². The highest BCUT2D eigenvalue weighted by atomic mass is 16.6. The zero-order chi connectivity index (χ0) is 13.0. The summed E-state index contributed by atoms with van der Waals surface area (Å²) >= 11 is 0. The van der Waals surface area contributed by atoms with E-state index in [1.165, 1.54) is 12.1 Å². The van der Waals surface area contributed by atoms with Crippen LogP contribution in [0.25, 0.3) is 0 Å². The summed E-state index contributed by atoms with van der Waals surface area (Å²) in [7, 11) is 0. The summed E-state index contributed by atoms with van der Waals surface area (Å²) in [6.45, 7) is 5.77. The second kappa shape index (κ2) is 5.63. The average Bonchev–Trinajstić information content (AvgIpc) is 2.24. The quantitative estimate of drug-likeness (QED) is 0.609. The number of nitro groups is 1. The highest BCUT2D eigenvalue weighted by Crippen LogP contribution is 2.22. The molecule has 0 aliphatic carbocycles. The van der Waals surface area contributed by atoms with Crippen LogP contribution in [0.2, 0.25) is 0 Å². The Morgan fingerprint density at radius 3 is 2.53 bits per heavy atom. The third-order valence-electron chi connectivity index (χ3n) is 2.63. The Labute approximate surface area is 101 Å². The predicted molar refractivity (Wildman–Crippen MR) is 67.2 cm³/mol. The lowest BCUT2D eigenvalue weighted by Gasteiger charge is -2.21. The van der Waals surface area contributed by atoms with Crippen molar-refractivity contribution < 1.29 is 10.0 Å². The van der Waals surface area contributed by atoms with Crippen molar-refractivity contribution in [3.63, 3.8) is 0 Å². The number of rotatable bonds is 5. The largest absolute Gasteiger partial charge is 0.394 e. The van der Waals surface area contributed by atoms with Gasteiger partial charge in [-0.05, 0) is 24.5 Å². The van der Waals surface area contributed by atoms with E-state index >= 15 is 0 Å². The number of nitrogens with one attached hydrogen (secondary N) is 1. The molecule has 5 nitrogen and oxygen atoms in total. The Hall–Kier alpha value is -1.62. The van der Waals surface area contributed by atoms with Crippen molar-refractivity contribution in [2.45, 2.75) is 26.8 Å². The average molecular weight is 238 g/mol. The van der Waals surface area contributed by atoms with Crippen molar-refractivity contribution >= 4 is 11.4 Å². The summed E-state index contributed by atoms with van der Waals surface area (Å²) in [5.41, 5.74) is 1.56. The molecule has 0 spiro atoms. The van der Waals surface area contributed by atoms with E-state index in [-0.39, 0.29) is 24.3 Å². The van der Waals surface area contributed by atoms with E-state index in [9.17, 15) is 15.2 Å². The maximum atomic E-state index is 10.7. The normalized spacial score (nSPS) is 12.5. The van der Waals surface area contributed by atoms with Crippen LogP contribution in [0.15, 0.2) is 18.2 Å². The molecule has 1 rings (SSSR count). The summed E-state index contributed by atoms with van der Waals surface area (Å²) in [5, 5.41) is 23.0. The van der Waals surface area contributed by atoms with Crippen molar-refractivity contribution in [3.05, 3.63) is 33.9 Å². The fourth-order valence-electron chi connectivity index (χ4n) is 1.59. The number of benzene rings is 1. The number of nitro benzene ring substituents is 1. The van der Waals surface area contributed by atoms with Gasteiger partial charge in [-0.2, -0.15) is 0 Å². The molecule has 2 N–H and O–H groups in total. The maximum Gasteiger partial charge on any atom is 0.271 e. The number of anilines is 1. The van der Waals surface area contributed by atoms with Crippen LogP contribution >= 0.6 is 0 Å². The van der Waals surface area contributed by atoms with Gasteiger partial charge < -0.3 is 10.4 Å². The molecule has 0 unspecified atom stereocenters. The van der Waals surface area contributed by atoms with E-state index in [0.717, 1.165) is 5.56 Å². The molecule has 0 fully saturated rings. The van der Waals surface area contributed by atoms with Gasteiger partial charge in [0.25, 0.3) is 5.69 Å². The molecule has 1 atom stereocenters.